The number of primary amides is 1. The van der Waals surface area contributed by atoms with Gasteiger partial charge in [-0.2, -0.15) is 0 Å². The Kier molecular flexibility index (Phi) is 9.45. The van der Waals surface area contributed by atoms with Gasteiger partial charge in [0.2, 0.25) is 23.6 Å². The molecule has 1 saturated heterocycles. The van der Waals surface area contributed by atoms with Crippen molar-refractivity contribution in [2.24, 2.45) is 11.7 Å². The fraction of sp³-hybridized carbons (Fsp3) is 0.545. The molecule has 32 heavy (non-hydrogen) atoms. The maximum absolute atomic E-state index is 12.6. The Morgan fingerprint density at radius 2 is 1.81 bits per heavy atom. The number of benzene rings is 1. The first kappa shape index (κ1) is 25.1. The summed E-state index contributed by atoms with van der Waals surface area (Å²) in [5, 5.41) is 20.3. The summed E-state index contributed by atoms with van der Waals surface area (Å²) in [7, 11) is 0. The van der Waals surface area contributed by atoms with Gasteiger partial charge in [0.15, 0.2) is 0 Å². The third kappa shape index (κ3) is 8.18. The summed E-state index contributed by atoms with van der Waals surface area (Å²) in [6.45, 7) is 4.29. The summed E-state index contributed by atoms with van der Waals surface area (Å²) < 4.78 is 0. The van der Waals surface area contributed by atoms with E-state index >= 15 is 0 Å². The Balaban J connectivity index is 1.89. The summed E-state index contributed by atoms with van der Waals surface area (Å²) in [5.41, 5.74) is 6.10. The molecule has 10 heteroatoms. The lowest BCUT2D eigenvalue weighted by Crippen LogP contribution is -2.54. The van der Waals surface area contributed by atoms with E-state index < -0.39 is 29.8 Å². The zero-order valence-electron chi connectivity index (χ0n) is 18.5. The predicted molar refractivity (Wildman–Crippen MR) is 118 cm³/mol. The monoisotopic (exact) mass is 447 g/mol. The van der Waals surface area contributed by atoms with E-state index in [1.807, 2.05) is 13.8 Å². The van der Waals surface area contributed by atoms with Crippen molar-refractivity contribution in [3.8, 4) is 5.75 Å². The number of hydrogen-bond donors (Lipinski definition) is 6. The largest absolute Gasteiger partial charge is 0.508 e. The third-order valence-electron chi connectivity index (χ3n) is 5.19. The van der Waals surface area contributed by atoms with Crippen molar-refractivity contribution < 1.29 is 24.3 Å². The van der Waals surface area contributed by atoms with Crippen LogP contribution in [-0.2, 0) is 25.6 Å². The first-order chi connectivity index (χ1) is 15.2. The molecule has 3 atom stereocenters. The normalized spacial score (nSPS) is 17.4. The Hall–Kier alpha value is -3.14. The average molecular weight is 448 g/mol. The van der Waals surface area contributed by atoms with E-state index in [0.29, 0.717) is 12.0 Å². The van der Waals surface area contributed by atoms with Gasteiger partial charge in [-0.15, -0.1) is 0 Å². The lowest BCUT2D eigenvalue weighted by Gasteiger charge is -2.22. The van der Waals surface area contributed by atoms with Gasteiger partial charge in [0.25, 0.3) is 0 Å². The highest BCUT2D eigenvalue weighted by Gasteiger charge is 2.28. The fourth-order valence-electron chi connectivity index (χ4n) is 3.51. The molecule has 7 N–H and O–H groups in total. The minimum absolute atomic E-state index is 0.0860. The standard InChI is InChI=1S/C22H33N5O5/c1-13(2)10-18(27-22(32)16-4-3-9-24-16)21(31)25-12-19(29)26-17(20(23)30)11-14-5-7-15(28)8-6-14/h5-8,13,16-18,24,28H,3-4,9-12H2,1-2H3,(H2,23,30)(H,25,31)(H,26,29)(H,27,32). The smallest absolute Gasteiger partial charge is 0.243 e. The number of rotatable bonds is 11. The van der Waals surface area contributed by atoms with Crippen LogP contribution >= 0.6 is 0 Å². The van der Waals surface area contributed by atoms with E-state index in [-0.39, 0.29) is 36.6 Å². The summed E-state index contributed by atoms with van der Waals surface area (Å²) in [6.07, 6.45) is 2.21. The molecule has 176 valence electrons. The van der Waals surface area contributed by atoms with E-state index in [4.69, 9.17) is 5.73 Å². The van der Waals surface area contributed by atoms with Crippen LogP contribution in [-0.4, -0.2) is 60.0 Å². The number of amides is 4. The average Bonchev–Trinajstić information content (AvgIpc) is 3.27. The molecule has 1 aliphatic heterocycles. The Labute approximate surface area is 187 Å². The minimum atomic E-state index is -0.969. The molecule has 10 nitrogen and oxygen atoms in total. The van der Waals surface area contributed by atoms with Crippen LogP contribution < -0.4 is 27.0 Å². The van der Waals surface area contributed by atoms with Gasteiger partial charge < -0.3 is 32.1 Å². The molecule has 0 aliphatic carbocycles. The molecule has 0 bridgehead atoms. The number of carbonyl (C=O) groups excluding carboxylic acids is 4. The summed E-state index contributed by atoms with van der Waals surface area (Å²) in [4.78, 5) is 49.1. The minimum Gasteiger partial charge on any atom is -0.508 e. The van der Waals surface area contributed by atoms with Gasteiger partial charge in [0.1, 0.15) is 17.8 Å². The van der Waals surface area contributed by atoms with Crippen LogP contribution in [0.2, 0.25) is 0 Å². The topological polar surface area (TPSA) is 163 Å². The van der Waals surface area contributed by atoms with Crippen molar-refractivity contribution in [1.82, 2.24) is 21.3 Å². The molecule has 0 aromatic heterocycles. The highest BCUT2D eigenvalue weighted by Crippen LogP contribution is 2.11. The lowest BCUT2D eigenvalue weighted by atomic mass is 10.0. The van der Waals surface area contributed by atoms with Gasteiger partial charge >= 0.3 is 0 Å². The zero-order chi connectivity index (χ0) is 23.7. The molecule has 1 aromatic carbocycles. The number of aromatic hydroxyl groups is 1. The van der Waals surface area contributed by atoms with Gasteiger partial charge in [-0.1, -0.05) is 26.0 Å². The molecular formula is C22H33N5O5. The molecule has 4 amide bonds. The van der Waals surface area contributed by atoms with Crippen LogP contribution in [0.5, 0.6) is 5.75 Å². The highest BCUT2D eigenvalue weighted by molar-refractivity contribution is 5.93. The number of nitrogens with one attached hydrogen (secondary N) is 4. The molecule has 1 aliphatic rings. The fourth-order valence-corrected chi connectivity index (χ4v) is 3.51. The van der Waals surface area contributed by atoms with E-state index in [9.17, 15) is 24.3 Å². The lowest BCUT2D eigenvalue weighted by molar-refractivity contribution is -0.132. The van der Waals surface area contributed by atoms with Gasteiger partial charge in [0.05, 0.1) is 12.6 Å². The summed E-state index contributed by atoms with van der Waals surface area (Å²) in [6, 6.07) is 4.15. The third-order valence-corrected chi connectivity index (χ3v) is 5.19. The summed E-state index contributed by atoms with van der Waals surface area (Å²) >= 11 is 0. The van der Waals surface area contributed by atoms with Crippen molar-refractivity contribution >= 4 is 23.6 Å². The van der Waals surface area contributed by atoms with Crippen molar-refractivity contribution in [3.05, 3.63) is 29.8 Å². The second-order valence-corrected chi connectivity index (χ2v) is 8.45. The second kappa shape index (κ2) is 12.0. The van der Waals surface area contributed by atoms with Gasteiger partial charge in [0, 0.05) is 6.42 Å². The van der Waals surface area contributed by atoms with Crippen LogP contribution in [0, 0.1) is 5.92 Å². The van der Waals surface area contributed by atoms with Gasteiger partial charge in [-0.05, 0) is 49.4 Å². The number of carbonyl (C=O) groups is 4. The Morgan fingerprint density at radius 1 is 1.12 bits per heavy atom. The Morgan fingerprint density at radius 3 is 2.38 bits per heavy atom. The van der Waals surface area contributed by atoms with Crippen molar-refractivity contribution in [2.75, 3.05) is 13.1 Å². The molecule has 0 saturated carbocycles. The van der Waals surface area contributed by atoms with Gasteiger partial charge in [-0.25, -0.2) is 0 Å². The molecule has 1 aromatic rings. The maximum atomic E-state index is 12.6. The van der Waals surface area contributed by atoms with Crippen LogP contribution in [0.4, 0.5) is 0 Å². The number of nitrogens with two attached hydrogens (primary N) is 1. The number of phenols is 1. The second-order valence-electron chi connectivity index (χ2n) is 8.45. The zero-order valence-corrected chi connectivity index (χ0v) is 18.5. The SMILES string of the molecule is CC(C)CC(NC(=O)C1CCCN1)C(=O)NCC(=O)NC(Cc1ccc(O)cc1)C(N)=O. The molecule has 3 unspecified atom stereocenters. The van der Waals surface area contributed by atoms with Crippen molar-refractivity contribution in [3.63, 3.8) is 0 Å². The van der Waals surface area contributed by atoms with Gasteiger partial charge in [-0.3, -0.25) is 19.2 Å². The van der Waals surface area contributed by atoms with Crippen LogP contribution in [0.15, 0.2) is 24.3 Å². The summed E-state index contributed by atoms with van der Waals surface area (Å²) in [5.74, 6) is -1.74. The van der Waals surface area contributed by atoms with E-state index in [2.05, 4.69) is 21.3 Å². The predicted octanol–water partition coefficient (Wildman–Crippen LogP) is -0.696. The molecule has 1 heterocycles. The van der Waals surface area contributed by atoms with E-state index in [0.717, 1.165) is 19.4 Å². The first-order valence-corrected chi connectivity index (χ1v) is 10.8. The van der Waals surface area contributed by atoms with E-state index in [1.165, 1.54) is 12.1 Å². The molecule has 0 radical (unpaired) electrons. The molecule has 2 rings (SSSR count). The van der Waals surface area contributed by atoms with E-state index in [1.54, 1.807) is 12.1 Å². The quantitative estimate of drug-likeness (QED) is 0.263. The molecule has 0 spiro atoms. The number of phenolic OH excluding ortho intramolecular Hbond substituents is 1. The first-order valence-electron chi connectivity index (χ1n) is 10.8. The Bertz CT molecular complexity index is 805. The highest BCUT2D eigenvalue weighted by atomic mass is 16.3. The van der Waals surface area contributed by atoms with Crippen LogP contribution in [0.3, 0.4) is 0 Å². The van der Waals surface area contributed by atoms with Crippen molar-refractivity contribution in [2.45, 2.75) is 57.7 Å². The van der Waals surface area contributed by atoms with Crippen LogP contribution in [0.25, 0.3) is 0 Å². The van der Waals surface area contributed by atoms with Crippen LogP contribution in [0.1, 0.15) is 38.7 Å². The van der Waals surface area contributed by atoms with Crippen molar-refractivity contribution in [1.29, 1.82) is 0 Å². The molecule has 1 fully saturated rings. The maximum Gasteiger partial charge on any atom is 0.243 e. The molecular weight excluding hydrogens is 414 g/mol. The number of hydrogen-bond acceptors (Lipinski definition) is 6.